The van der Waals surface area contributed by atoms with E-state index >= 15 is 0 Å². The normalized spacial score (nSPS) is 18.3. The van der Waals surface area contributed by atoms with Crippen molar-refractivity contribution in [2.45, 2.75) is 19.4 Å². The minimum atomic E-state index is -0.513. The molecular weight excluding hydrogens is 236 g/mol. The minimum Gasteiger partial charge on any atom is -0.370 e. The third kappa shape index (κ3) is 1.66. The summed E-state index contributed by atoms with van der Waals surface area (Å²) in [7, 11) is 0. The molecule has 0 amide bonds. The van der Waals surface area contributed by atoms with Gasteiger partial charge < -0.3 is 5.32 Å². The SMILES string of the molecule is Cc1cc2n(n1)C(c1c(F)cccc1F)CCN2. The van der Waals surface area contributed by atoms with Gasteiger partial charge in [-0.1, -0.05) is 6.07 Å². The first-order chi connectivity index (χ1) is 8.66. The number of rotatable bonds is 1. The zero-order valence-electron chi connectivity index (χ0n) is 9.95. The Kier molecular flexibility index (Phi) is 2.54. The van der Waals surface area contributed by atoms with E-state index < -0.39 is 11.6 Å². The molecule has 0 spiro atoms. The molecule has 1 aromatic carbocycles. The number of nitrogens with zero attached hydrogens (tertiary/aromatic N) is 2. The van der Waals surface area contributed by atoms with Crippen LogP contribution < -0.4 is 5.32 Å². The fourth-order valence-corrected chi connectivity index (χ4v) is 2.44. The molecule has 94 valence electrons. The fourth-order valence-electron chi connectivity index (χ4n) is 2.44. The van der Waals surface area contributed by atoms with Crippen LogP contribution in [0, 0.1) is 18.6 Å². The quantitative estimate of drug-likeness (QED) is 0.842. The number of hydrogen-bond acceptors (Lipinski definition) is 2. The molecule has 0 saturated heterocycles. The Morgan fingerprint density at radius 1 is 1.33 bits per heavy atom. The molecule has 2 heterocycles. The van der Waals surface area contributed by atoms with Crippen molar-refractivity contribution in [1.29, 1.82) is 0 Å². The van der Waals surface area contributed by atoms with Crippen molar-refractivity contribution in [3.63, 3.8) is 0 Å². The lowest BCUT2D eigenvalue weighted by atomic mass is 10.0. The first-order valence-corrected chi connectivity index (χ1v) is 5.91. The average molecular weight is 249 g/mol. The molecule has 1 aliphatic heterocycles. The third-order valence-corrected chi connectivity index (χ3v) is 3.21. The zero-order chi connectivity index (χ0) is 12.7. The van der Waals surface area contributed by atoms with E-state index in [0.29, 0.717) is 13.0 Å². The maximum atomic E-state index is 13.8. The molecule has 0 bridgehead atoms. The Balaban J connectivity index is 2.14. The van der Waals surface area contributed by atoms with E-state index in [2.05, 4.69) is 10.4 Å². The highest BCUT2D eigenvalue weighted by atomic mass is 19.1. The summed E-state index contributed by atoms with van der Waals surface area (Å²) < 4.78 is 29.3. The Morgan fingerprint density at radius 2 is 2.06 bits per heavy atom. The van der Waals surface area contributed by atoms with Crippen molar-refractivity contribution in [3.05, 3.63) is 47.2 Å². The topological polar surface area (TPSA) is 29.9 Å². The molecule has 1 unspecified atom stereocenters. The molecule has 1 atom stereocenters. The average Bonchev–Trinajstić information content (AvgIpc) is 2.70. The molecule has 1 aromatic heterocycles. The van der Waals surface area contributed by atoms with Gasteiger partial charge in [-0.2, -0.15) is 5.10 Å². The Labute approximate surface area is 103 Å². The highest BCUT2D eigenvalue weighted by Crippen LogP contribution is 2.32. The van der Waals surface area contributed by atoms with E-state index in [1.807, 2.05) is 13.0 Å². The third-order valence-electron chi connectivity index (χ3n) is 3.21. The predicted molar refractivity (Wildman–Crippen MR) is 64.6 cm³/mol. The van der Waals surface area contributed by atoms with Crippen LogP contribution in [-0.4, -0.2) is 16.3 Å². The number of halogens is 2. The van der Waals surface area contributed by atoms with Crippen molar-refractivity contribution in [2.75, 3.05) is 11.9 Å². The standard InChI is InChI=1S/C13H13F2N3/c1-8-7-12-16-6-5-11(18(12)17-8)13-9(14)3-2-4-10(13)15/h2-4,7,11,16H,5-6H2,1H3. The first-order valence-electron chi connectivity index (χ1n) is 5.91. The van der Waals surface area contributed by atoms with Gasteiger partial charge in [-0.3, -0.25) is 0 Å². The van der Waals surface area contributed by atoms with Crippen molar-refractivity contribution in [1.82, 2.24) is 9.78 Å². The van der Waals surface area contributed by atoms with Crippen LogP contribution in [-0.2, 0) is 0 Å². The van der Waals surface area contributed by atoms with Gasteiger partial charge in [-0.25, -0.2) is 13.5 Å². The van der Waals surface area contributed by atoms with Crippen LogP contribution in [0.5, 0.6) is 0 Å². The van der Waals surface area contributed by atoms with E-state index in [4.69, 9.17) is 0 Å². The second kappa shape index (κ2) is 4.08. The van der Waals surface area contributed by atoms with Gasteiger partial charge in [-0.05, 0) is 25.5 Å². The van der Waals surface area contributed by atoms with Gasteiger partial charge in [0.15, 0.2) is 0 Å². The summed E-state index contributed by atoms with van der Waals surface area (Å²) in [5.41, 5.74) is 0.935. The van der Waals surface area contributed by atoms with Crippen LogP contribution >= 0.6 is 0 Å². The van der Waals surface area contributed by atoms with Crippen LogP contribution in [0.1, 0.15) is 23.7 Å². The van der Waals surface area contributed by atoms with Gasteiger partial charge in [-0.15, -0.1) is 0 Å². The number of nitrogens with one attached hydrogen (secondary N) is 1. The number of aryl methyl sites for hydroxylation is 1. The van der Waals surface area contributed by atoms with Crippen molar-refractivity contribution >= 4 is 5.82 Å². The number of hydrogen-bond donors (Lipinski definition) is 1. The summed E-state index contributed by atoms with van der Waals surface area (Å²) in [6.07, 6.45) is 0.617. The van der Waals surface area contributed by atoms with Crippen LogP contribution in [0.3, 0.4) is 0 Å². The number of anilines is 1. The lowest BCUT2D eigenvalue weighted by Crippen LogP contribution is -2.25. The zero-order valence-corrected chi connectivity index (χ0v) is 9.95. The molecule has 18 heavy (non-hydrogen) atoms. The monoisotopic (exact) mass is 249 g/mol. The van der Waals surface area contributed by atoms with Gasteiger partial charge in [0.2, 0.25) is 0 Å². The molecule has 5 heteroatoms. The summed E-state index contributed by atoms with van der Waals surface area (Å²) in [5, 5.41) is 7.49. The van der Waals surface area contributed by atoms with Crippen LogP contribution in [0.4, 0.5) is 14.6 Å². The largest absolute Gasteiger partial charge is 0.370 e. The fraction of sp³-hybridized carbons (Fsp3) is 0.308. The maximum Gasteiger partial charge on any atom is 0.131 e. The van der Waals surface area contributed by atoms with E-state index in [1.54, 1.807) is 4.68 Å². The highest BCUT2D eigenvalue weighted by molar-refractivity contribution is 5.41. The molecule has 0 aliphatic carbocycles. The Hall–Kier alpha value is -1.91. The minimum absolute atomic E-state index is 0.100. The van der Waals surface area contributed by atoms with Crippen LogP contribution in [0.15, 0.2) is 24.3 Å². The van der Waals surface area contributed by atoms with Crippen LogP contribution in [0.25, 0.3) is 0 Å². The van der Waals surface area contributed by atoms with E-state index in [0.717, 1.165) is 11.5 Å². The molecular formula is C13H13F2N3. The van der Waals surface area contributed by atoms with Gasteiger partial charge in [0, 0.05) is 18.2 Å². The summed E-state index contributed by atoms with van der Waals surface area (Å²) in [6, 6.07) is 5.46. The molecule has 1 N–H and O–H groups in total. The first kappa shape index (κ1) is 11.2. The predicted octanol–water partition coefficient (Wildman–Crippen LogP) is 2.87. The van der Waals surface area contributed by atoms with Crippen LogP contribution in [0.2, 0.25) is 0 Å². The van der Waals surface area contributed by atoms with E-state index in [1.165, 1.54) is 18.2 Å². The Bertz CT molecular complexity index is 572. The number of aromatic nitrogens is 2. The van der Waals surface area contributed by atoms with Gasteiger partial charge in [0.25, 0.3) is 0 Å². The highest BCUT2D eigenvalue weighted by Gasteiger charge is 2.27. The van der Waals surface area contributed by atoms with E-state index in [9.17, 15) is 8.78 Å². The van der Waals surface area contributed by atoms with Gasteiger partial charge in [0.1, 0.15) is 17.5 Å². The maximum absolute atomic E-state index is 13.8. The molecule has 1 aliphatic rings. The number of benzene rings is 1. The summed E-state index contributed by atoms with van der Waals surface area (Å²) in [5.74, 6) is -0.214. The molecule has 0 radical (unpaired) electrons. The van der Waals surface area contributed by atoms with Crippen molar-refractivity contribution in [3.8, 4) is 0 Å². The molecule has 0 saturated carbocycles. The summed E-state index contributed by atoms with van der Waals surface area (Å²) >= 11 is 0. The van der Waals surface area contributed by atoms with Crippen molar-refractivity contribution in [2.24, 2.45) is 0 Å². The van der Waals surface area contributed by atoms with Gasteiger partial charge in [0.05, 0.1) is 11.7 Å². The van der Waals surface area contributed by atoms with Crippen molar-refractivity contribution < 1.29 is 8.78 Å². The molecule has 2 aromatic rings. The van der Waals surface area contributed by atoms with Gasteiger partial charge >= 0.3 is 0 Å². The second-order valence-corrected chi connectivity index (χ2v) is 4.48. The lowest BCUT2D eigenvalue weighted by Gasteiger charge is -2.26. The summed E-state index contributed by atoms with van der Waals surface area (Å²) in [4.78, 5) is 0. The second-order valence-electron chi connectivity index (χ2n) is 4.48. The molecule has 0 fully saturated rings. The smallest absolute Gasteiger partial charge is 0.131 e. The number of fused-ring (bicyclic) bond motifs is 1. The lowest BCUT2D eigenvalue weighted by molar-refractivity contribution is 0.432. The molecule has 3 nitrogen and oxygen atoms in total. The summed E-state index contributed by atoms with van der Waals surface area (Å²) in [6.45, 7) is 2.55. The van der Waals surface area contributed by atoms with E-state index in [-0.39, 0.29) is 11.6 Å². The molecule has 3 rings (SSSR count). The Morgan fingerprint density at radius 3 is 2.78 bits per heavy atom.